The van der Waals surface area contributed by atoms with E-state index in [9.17, 15) is 0 Å². The maximum absolute atomic E-state index is 3.97. The van der Waals surface area contributed by atoms with Gasteiger partial charge in [-0.1, -0.05) is 43.0 Å². The zero-order valence-electron chi connectivity index (χ0n) is 16.5. The summed E-state index contributed by atoms with van der Waals surface area (Å²) in [5.41, 5.74) is 6.44. The molecule has 29 heavy (non-hydrogen) atoms. The molecule has 2 nitrogen and oxygen atoms in total. The molecular weight excluding hydrogens is 376 g/mol. The normalized spacial score (nSPS) is 13.6. The number of para-hydroxylation sites is 2. The van der Waals surface area contributed by atoms with Crippen LogP contribution in [0.5, 0.6) is 0 Å². The molecule has 1 fully saturated rings. The summed E-state index contributed by atoms with van der Waals surface area (Å²) >= 11 is 0. The molecular formula is C26H25ClN2. The van der Waals surface area contributed by atoms with Crippen molar-refractivity contribution in [2.45, 2.75) is 19.4 Å². The Hall–Kier alpha value is -2.84. The molecule has 0 atom stereocenters. The van der Waals surface area contributed by atoms with Crippen molar-refractivity contribution in [1.82, 2.24) is 0 Å². The fourth-order valence-electron chi connectivity index (χ4n) is 4.57. The van der Waals surface area contributed by atoms with E-state index >= 15 is 0 Å². The Morgan fingerprint density at radius 1 is 0.793 bits per heavy atom. The summed E-state index contributed by atoms with van der Waals surface area (Å²) < 4.78 is 2.36. The predicted molar refractivity (Wildman–Crippen MR) is 119 cm³/mol. The molecule has 1 saturated heterocycles. The molecule has 0 bridgehead atoms. The Balaban J connectivity index is 0.00000205. The van der Waals surface area contributed by atoms with Crippen LogP contribution < -0.4 is 21.9 Å². The van der Waals surface area contributed by atoms with Gasteiger partial charge < -0.3 is 17.3 Å². The first kappa shape index (κ1) is 19.5. The van der Waals surface area contributed by atoms with Crippen LogP contribution in [0.4, 0.5) is 5.69 Å². The van der Waals surface area contributed by atoms with Crippen molar-refractivity contribution in [3.05, 3.63) is 85.5 Å². The maximum atomic E-state index is 3.97. The number of pyridine rings is 1. The van der Waals surface area contributed by atoms with Crippen molar-refractivity contribution in [1.29, 1.82) is 0 Å². The Morgan fingerprint density at radius 3 is 1.90 bits per heavy atom. The molecule has 2 heterocycles. The number of fused-ring (bicyclic) bond motifs is 2. The van der Waals surface area contributed by atoms with Crippen LogP contribution in [0.3, 0.4) is 0 Å². The quantitative estimate of drug-likeness (QED) is 0.290. The maximum Gasteiger partial charge on any atom is 0.213 e. The predicted octanol–water partition coefficient (Wildman–Crippen LogP) is 2.74. The molecule has 0 radical (unpaired) electrons. The summed E-state index contributed by atoms with van der Waals surface area (Å²) in [6.45, 7) is 7.13. The zero-order valence-corrected chi connectivity index (χ0v) is 17.3. The fourth-order valence-corrected chi connectivity index (χ4v) is 4.57. The van der Waals surface area contributed by atoms with E-state index in [1.165, 1.54) is 64.6 Å². The largest absolute Gasteiger partial charge is 1.00 e. The van der Waals surface area contributed by atoms with Crippen LogP contribution in [0.2, 0.25) is 0 Å². The first-order chi connectivity index (χ1) is 13.9. The molecule has 5 rings (SSSR count). The van der Waals surface area contributed by atoms with Gasteiger partial charge in [0.1, 0.15) is 0 Å². The van der Waals surface area contributed by atoms with Crippen LogP contribution >= 0.6 is 0 Å². The average Bonchev–Trinajstić information content (AvgIpc) is 3.29. The Labute approximate surface area is 178 Å². The highest BCUT2D eigenvalue weighted by molar-refractivity contribution is 6.07. The van der Waals surface area contributed by atoms with Crippen LogP contribution in [0.1, 0.15) is 12.8 Å². The van der Waals surface area contributed by atoms with Gasteiger partial charge in [0.2, 0.25) is 11.0 Å². The zero-order chi connectivity index (χ0) is 18.9. The lowest BCUT2D eigenvalue weighted by atomic mass is 9.95. The van der Waals surface area contributed by atoms with Gasteiger partial charge in [0.25, 0.3) is 0 Å². The molecule has 0 aliphatic carbocycles. The van der Waals surface area contributed by atoms with E-state index < -0.39 is 0 Å². The molecule has 1 aliphatic heterocycles. The van der Waals surface area contributed by atoms with Crippen LogP contribution in [0, 0.1) is 0 Å². The molecule has 0 N–H and O–H groups in total. The molecule has 0 spiro atoms. The second-order valence-electron chi connectivity index (χ2n) is 7.55. The van der Waals surface area contributed by atoms with Crippen molar-refractivity contribution in [2.24, 2.45) is 0 Å². The SMILES string of the molecule is C=CC[n+]1c2ccccc2c(-c2ccc(N3CCCC3)cc2)c2ccccc21.[Cl-]. The first-order valence-corrected chi connectivity index (χ1v) is 10.2. The number of anilines is 1. The lowest BCUT2D eigenvalue weighted by Crippen LogP contribution is -3.00. The highest BCUT2D eigenvalue weighted by Crippen LogP contribution is 2.35. The second kappa shape index (κ2) is 8.26. The van der Waals surface area contributed by atoms with E-state index in [4.69, 9.17) is 0 Å². The molecule has 4 aromatic rings. The van der Waals surface area contributed by atoms with Crippen LogP contribution in [0.25, 0.3) is 32.9 Å². The smallest absolute Gasteiger partial charge is 0.213 e. The van der Waals surface area contributed by atoms with Gasteiger partial charge in [-0.2, -0.15) is 4.57 Å². The summed E-state index contributed by atoms with van der Waals surface area (Å²) in [6.07, 6.45) is 4.58. The number of nitrogens with zero attached hydrogens (tertiary/aromatic N) is 2. The molecule has 0 unspecified atom stereocenters. The first-order valence-electron chi connectivity index (χ1n) is 10.2. The molecule has 3 aromatic carbocycles. The Morgan fingerprint density at radius 2 is 1.34 bits per heavy atom. The van der Waals surface area contributed by atoms with Crippen molar-refractivity contribution in [2.75, 3.05) is 18.0 Å². The van der Waals surface area contributed by atoms with Gasteiger partial charge in [-0.3, -0.25) is 0 Å². The summed E-state index contributed by atoms with van der Waals surface area (Å²) in [4.78, 5) is 2.49. The second-order valence-corrected chi connectivity index (χ2v) is 7.55. The number of hydrogen-bond donors (Lipinski definition) is 0. The fraction of sp³-hybridized carbons (Fsp3) is 0.192. The minimum absolute atomic E-state index is 0. The lowest BCUT2D eigenvalue weighted by Gasteiger charge is -2.18. The summed E-state index contributed by atoms with van der Waals surface area (Å²) in [6, 6.07) is 26.6. The third-order valence-corrected chi connectivity index (χ3v) is 5.87. The average molecular weight is 401 g/mol. The van der Waals surface area contributed by atoms with E-state index in [0.717, 1.165) is 6.54 Å². The number of allylic oxidation sites excluding steroid dienone is 1. The molecule has 146 valence electrons. The summed E-state index contributed by atoms with van der Waals surface area (Å²) in [5, 5.41) is 2.58. The number of aromatic nitrogens is 1. The number of hydrogen-bond acceptors (Lipinski definition) is 1. The van der Waals surface area contributed by atoms with E-state index in [1.807, 2.05) is 6.08 Å². The summed E-state index contributed by atoms with van der Waals surface area (Å²) in [7, 11) is 0. The number of benzene rings is 3. The van der Waals surface area contributed by atoms with E-state index in [2.05, 4.69) is 88.8 Å². The van der Waals surface area contributed by atoms with Crippen molar-refractivity contribution >= 4 is 27.5 Å². The molecule has 0 saturated carbocycles. The molecule has 3 heteroatoms. The van der Waals surface area contributed by atoms with Gasteiger partial charge in [-0.05, 0) is 48.7 Å². The highest BCUT2D eigenvalue weighted by Gasteiger charge is 2.20. The van der Waals surface area contributed by atoms with Gasteiger partial charge in [-0.15, -0.1) is 0 Å². The lowest BCUT2D eigenvalue weighted by molar-refractivity contribution is -0.634. The topological polar surface area (TPSA) is 7.12 Å². The van der Waals surface area contributed by atoms with Crippen molar-refractivity contribution in [3.8, 4) is 11.1 Å². The van der Waals surface area contributed by atoms with Gasteiger partial charge in [-0.25, -0.2) is 0 Å². The minimum atomic E-state index is 0. The molecule has 1 aliphatic rings. The number of halogens is 1. The van der Waals surface area contributed by atoms with Gasteiger partial charge in [0.05, 0.1) is 10.8 Å². The Kier molecular flexibility index (Phi) is 5.55. The van der Waals surface area contributed by atoms with Gasteiger partial charge in [0, 0.05) is 36.5 Å². The monoisotopic (exact) mass is 400 g/mol. The third kappa shape index (κ3) is 3.38. The van der Waals surface area contributed by atoms with E-state index in [1.54, 1.807) is 0 Å². The Bertz CT molecular complexity index is 1100. The van der Waals surface area contributed by atoms with Crippen molar-refractivity contribution in [3.63, 3.8) is 0 Å². The molecule has 0 amide bonds. The van der Waals surface area contributed by atoms with Crippen LogP contribution in [0.15, 0.2) is 85.5 Å². The minimum Gasteiger partial charge on any atom is -1.00 e. The van der Waals surface area contributed by atoms with Crippen molar-refractivity contribution < 1.29 is 17.0 Å². The summed E-state index contributed by atoms with van der Waals surface area (Å²) in [5.74, 6) is 0. The molecule has 1 aromatic heterocycles. The van der Waals surface area contributed by atoms with Gasteiger partial charge >= 0.3 is 0 Å². The van der Waals surface area contributed by atoms with Gasteiger partial charge in [0.15, 0.2) is 6.54 Å². The van der Waals surface area contributed by atoms with Crippen LogP contribution in [-0.4, -0.2) is 13.1 Å². The van der Waals surface area contributed by atoms with E-state index in [-0.39, 0.29) is 12.4 Å². The van der Waals surface area contributed by atoms with Crippen LogP contribution in [-0.2, 0) is 6.54 Å². The third-order valence-electron chi connectivity index (χ3n) is 5.87. The standard InChI is InChI=1S/C26H25N2.ClH/c1-2-17-28-24-11-5-3-9-22(24)26(23-10-4-6-12-25(23)28)20-13-15-21(16-14-20)27-18-7-8-19-27;/h2-6,9-16H,1,7-8,17-19H2;1H/q+1;/p-1. The van der Waals surface area contributed by atoms with E-state index in [0.29, 0.717) is 0 Å². The highest BCUT2D eigenvalue weighted by atomic mass is 35.5. The number of rotatable bonds is 4.